The van der Waals surface area contributed by atoms with Crippen molar-refractivity contribution in [2.24, 2.45) is 0 Å². The van der Waals surface area contributed by atoms with Crippen LogP contribution in [0.2, 0.25) is 10.0 Å². The van der Waals surface area contributed by atoms with E-state index >= 15 is 0 Å². The van der Waals surface area contributed by atoms with E-state index in [0.717, 1.165) is 24.2 Å². The third-order valence-electron chi connectivity index (χ3n) is 5.20. The number of carboxylic acid groups (broad SMARTS) is 1. The summed E-state index contributed by atoms with van der Waals surface area (Å²) in [6, 6.07) is 15.8. The highest BCUT2D eigenvalue weighted by atomic mass is 35.5. The van der Waals surface area contributed by atoms with Crippen LogP contribution in [0.5, 0.6) is 5.75 Å². The van der Waals surface area contributed by atoms with E-state index in [1.54, 1.807) is 36.5 Å². The van der Waals surface area contributed by atoms with E-state index in [-0.39, 0.29) is 11.7 Å². The highest BCUT2D eigenvalue weighted by Crippen LogP contribution is 2.32. The lowest BCUT2D eigenvalue weighted by Gasteiger charge is -2.26. The van der Waals surface area contributed by atoms with Gasteiger partial charge < -0.3 is 19.5 Å². The molecule has 0 fully saturated rings. The van der Waals surface area contributed by atoms with Crippen molar-refractivity contribution in [1.29, 1.82) is 0 Å². The van der Waals surface area contributed by atoms with Gasteiger partial charge in [0.2, 0.25) is 0 Å². The Balaban J connectivity index is 1.62. The van der Waals surface area contributed by atoms with E-state index in [0.29, 0.717) is 28.0 Å². The molecule has 0 saturated heterocycles. The van der Waals surface area contributed by atoms with Gasteiger partial charge >= 0.3 is 5.97 Å². The second-order valence-electron chi connectivity index (χ2n) is 7.69. The quantitative estimate of drug-likeness (QED) is 0.275. The Morgan fingerprint density at radius 2 is 2.00 bits per heavy atom. The number of anilines is 2. The van der Waals surface area contributed by atoms with E-state index in [2.05, 4.69) is 16.8 Å². The van der Waals surface area contributed by atoms with Gasteiger partial charge in [0.15, 0.2) is 6.29 Å². The third-order valence-corrected chi connectivity index (χ3v) is 5.73. The van der Waals surface area contributed by atoms with Gasteiger partial charge in [0, 0.05) is 30.1 Å². The molecule has 0 aliphatic heterocycles. The second kappa shape index (κ2) is 10.8. The van der Waals surface area contributed by atoms with Crippen LogP contribution in [0.15, 0.2) is 60.8 Å². The zero-order valence-electron chi connectivity index (χ0n) is 18.4. The monoisotopic (exact) mass is 496 g/mol. The van der Waals surface area contributed by atoms with Crippen LogP contribution in [0.4, 0.5) is 11.4 Å². The number of rotatable bonds is 9. The predicted octanol–water partition coefficient (Wildman–Crippen LogP) is 6.33. The molecule has 1 aliphatic carbocycles. The molecule has 1 aromatic heterocycles. The average molecular weight is 497 g/mol. The van der Waals surface area contributed by atoms with E-state index in [4.69, 9.17) is 32.7 Å². The number of aromatic nitrogens is 1. The second-order valence-corrected chi connectivity index (χ2v) is 8.53. The standard InChI is InChI=1S/C26H22Cl2N2O4/c1-17(33-22-6-2-3-7-22)34-23-8-4-5-21(14-23)30(16-25-24(28)13-19(27)15-29-25)20-11-9-18(10-12-20)26(31)32/h4-5,8-15,17,22H,2,6,16H2,1H3,(H,31,32). The van der Waals surface area contributed by atoms with E-state index in [9.17, 15) is 9.90 Å². The molecule has 2 unspecified atom stereocenters. The maximum atomic E-state index is 11.3. The van der Waals surface area contributed by atoms with Gasteiger partial charge in [0.05, 0.1) is 27.8 Å². The van der Waals surface area contributed by atoms with E-state index in [1.807, 2.05) is 36.1 Å². The number of aromatic carboxylic acids is 1. The number of carboxylic acids is 1. The molecule has 2 aromatic carbocycles. The van der Waals surface area contributed by atoms with Gasteiger partial charge in [0.25, 0.3) is 0 Å². The number of benzene rings is 2. The fourth-order valence-corrected chi connectivity index (χ4v) is 4.00. The van der Waals surface area contributed by atoms with Gasteiger partial charge in [-0.15, -0.1) is 5.92 Å². The van der Waals surface area contributed by atoms with E-state index in [1.165, 1.54) is 0 Å². The summed E-state index contributed by atoms with van der Waals surface area (Å²) in [4.78, 5) is 17.6. The van der Waals surface area contributed by atoms with Crippen LogP contribution in [-0.2, 0) is 11.3 Å². The van der Waals surface area contributed by atoms with Gasteiger partial charge in [0.1, 0.15) is 11.9 Å². The highest BCUT2D eigenvalue weighted by molar-refractivity contribution is 6.34. The molecule has 6 nitrogen and oxygen atoms in total. The zero-order valence-corrected chi connectivity index (χ0v) is 19.9. The summed E-state index contributed by atoms with van der Waals surface area (Å²) in [7, 11) is 0. The van der Waals surface area contributed by atoms with Gasteiger partial charge in [-0.3, -0.25) is 4.98 Å². The molecule has 4 rings (SSSR count). The summed E-state index contributed by atoms with van der Waals surface area (Å²) >= 11 is 12.4. The Hall–Kier alpha value is -3.24. The smallest absolute Gasteiger partial charge is 0.335 e. The van der Waals surface area contributed by atoms with Crippen molar-refractivity contribution in [3.05, 3.63) is 82.1 Å². The van der Waals surface area contributed by atoms with Crippen LogP contribution >= 0.6 is 23.2 Å². The Kier molecular flexibility index (Phi) is 7.59. The van der Waals surface area contributed by atoms with Crippen LogP contribution in [0.25, 0.3) is 0 Å². The number of nitrogens with zero attached hydrogens (tertiary/aromatic N) is 2. The summed E-state index contributed by atoms with van der Waals surface area (Å²) < 4.78 is 11.8. The topological polar surface area (TPSA) is 71.9 Å². The summed E-state index contributed by atoms with van der Waals surface area (Å²) in [5, 5.41) is 10.1. The highest BCUT2D eigenvalue weighted by Gasteiger charge is 2.17. The maximum absolute atomic E-state index is 11.3. The molecule has 0 spiro atoms. The van der Waals surface area contributed by atoms with Crippen molar-refractivity contribution in [3.63, 3.8) is 0 Å². The SMILES string of the molecule is CC(Oc1cccc(N(Cc2ncc(Cl)cc2Cl)c2ccc(C(=O)O)cc2)c1)OC1C#CCC1. The number of hydrogen-bond acceptors (Lipinski definition) is 5. The molecular weight excluding hydrogens is 475 g/mol. The summed E-state index contributed by atoms with van der Waals surface area (Å²) in [5.74, 6) is 5.70. The van der Waals surface area contributed by atoms with Crippen LogP contribution in [-0.4, -0.2) is 28.5 Å². The molecule has 1 aliphatic rings. The number of halogens is 2. The fraction of sp³-hybridized carbons (Fsp3) is 0.231. The molecule has 34 heavy (non-hydrogen) atoms. The first-order chi connectivity index (χ1) is 16.4. The molecule has 3 aromatic rings. The normalized spacial score (nSPS) is 15.3. The Morgan fingerprint density at radius 1 is 1.21 bits per heavy atom. The molecule has 0 saturated carbocycles. The molecule has 1 heterocycles. The lowest BCUT2D eigenvalue weighted by atomic mass is 10.1. The molecule has 0 amide bonds. The Morgan fingerprint density at radius 3 is 2.68 bits per heavy atom. The van der Waals surface area contributed by atoms with Gasteiger partial charge in [-0.2, -0.15) is 0 Å². The van der Waals surface area contributed by atoms with Crippen molar-refractivity contribution in [1.82, 2.24) is 4.98 Å². The van der Waals surface area contributed by atoms with Crippen molar-refractivity contribution < 1.29 is 19.4 Å². The van der Waals surface area contributed by atoms with Crippen LogP contribution in [0.3, 0.4) is 0 Å². The number of hydrogen-bond donors (Lipinski definition) is 1. The summed E-state index contributed by atoms with van der Waals surface area (Å²) in [6.07, 6.45) is 2.65. The van der Waals surface area contributed by atoms with Gasteiger partial charge in [-0.1, -0.05) is 35.2 Å². The Bertz CT molecular complexity index is 1240. The van der Waals surface area contributed by atoms with E-state index < -0.39 is 12.3 Å². The molecule has 2 atom stereocenters. The predicted molar refractivity (Wildman–Crippen MR) is 132 cm³/mol. The van der Waals surface area contributed by atoms with Crippen molar-refractivity contribution in [3.8, 4) is 17.6 Å². The van der Waals surface area contributed by atoms with Crippen LogP contribution < -0.4 is 9.64 Å². The molecule has 0 radical (unpaired) electrons. The minimum atomic E-state index is -0.989. The lowest BCUT2D eigenvalue weighted by Crippen LogP contribution is -2.22. The largest absolute Gasteiger partial charge is 0.478 e. The average Bonchev–Trinajstić information content (AvgIpc) is 3.32. The third kappa shape index (κ3) is 6.00. The van der Waals surface area contributed by atoms with Gasteiger partial charge in [-0.05, 0) is 55.8 Å². The number of carbonyl (C=O) groups is 1. The van der Waals surface area contributed by atoms with Crippen molar-refractivity contribution >= 4 is 40.5 Å². The summed E-state index contributed by atoms with van der Waals surface area (Å²) in [5.41, 5.74) is 2.39. The number of pyridine rings is 1. The van der Waals surface area contributed by atoms with Crippen LogP contribution in [0.1, 0.15) is 35.8 Å². The van der Waals surface area contributed by atoms with Crippen LogP contribution in [0, 0.1) is 11.8 Å². The first kappa shape index (κ1) is 23.9. The van der Waals surface area contributed by atoms with Crippen molar-refractivity contribution in [2.45, 2.75) is 38.7 Å². The molecule has 1 N–H and O–H groups in total. The zero-order chi connectivity index (χ0) is 24.1. The molecule has 0 bridgehead atoms. The Labute approximate surface area is 208 Å². The first-order valence-electron chi connectivity index (χ1n) is 10.7. The minimum Gasteiger partial charge on any atom is -0.478 e. The maximum Gasteiger partial charge on any atom is 0.335 e. The number of ether oxygens (including phenoxy) is 2. The van der Waals surface area contributed by atoms with Gasteiger partial charge in [-0.25, -0.2) is 4.79 Å². The molecule has 174 valence electrons. The fourth-order valence-electron chi connectivity index (χ4n) is 3.56. The summed E-state index contributed by atoms with van der Waals surface area (Å²) in [6.45, 7) is 2.17. The molecular formula is C26H22Cl2N2O4. The molecule has 8 heteroatoms. The minimum absolute atomic E-state index is 0.111. The lowest BCUT2D eigenvalue weighted by molar-refractivity contribution is -0.0887. The first-order valence-corrected chi connectivity index (χ1v) is 11.5. The van der Waals surface area contributed by atoms with Crippen molar-refractivity contribution in [2.75, 3.05) is 4.90 Å².